The molecule has 110 valence electrons. The topological polar surface area (TPSA) is 41.6 Å². The Morgan fingerprint density at radius 2 is 2.35 bits per heavy atom. The predicted molar refractivity (Wildman–Crippen MR) is 80.1 cm³/mol. The number of nitrogens with one attached hydrogen (secondary N) is 1. The molecule has 1 fully saturated rings. The molecule has 1 unspecified atom stereocenters. The number of methoxy groups -OCH3 is 1. The van der Waals surface area contributed by atoms with Crippen molar-refractivity contribution >= 4 is 17.5 Å². The van der Waals surface area contributed by atoms with Crippen molar-refractivity contribution in [1.82, 2.24) is 10.2 Å². The fourth-order valence-electron chi connectivity index (χ4n) is 2.58. The Morgan fingerprint density at radius 1 is 1.55 bits per heavy atom. The summed E-state index contributed by atoms with van der Waals surface area (Å²) < 4.78 is 5.32. The van der Waals surface area contributed by atoms with Gasteiger partial charge >= 0.3 is 0 Å². The summed E-state index contributed by atoms with van der Waals surface area (Å²) in [6.45, 7) is 2.30. The van der Waals surface area contributed by atoms with Crippen molar-refractivity contribution in [3.8, 4) is 5.75 Å². The van der Waals surface area contributed by atoms with Gasteiger partial charge in [-0.1, -0.05) is 11.6 Å². The van der Waals surface area contributed by atoms with Gasteiger partial charge in [0.25, 0.3) is 0 Å². The van der Waals surface area contributed by atoms with Crippen LogP contribution in [0.5, 0.6) is 5.75 Å². The molecule has 1 aliphatic heterocycles. The Kier molecular flexibility index (Phi) is 5.26. The molecule has 1 N–H and O–H groups in total. The van der Waals surface area contributed by atoms with Crippen LogP contribution >= 0.6 is 11.6 Å². The number of benzene rings is 1. The predicted octanol–water partition coefficient (Wildman–Crippen LogP) is 2.31. The number of amides is 1. The maximum atomic E-state index is 12.4. The first-order valence-electron chi connectivity index (χ1n) is 6.90. The third kappa shape index (κ3) is 3.64. The second-order valence-corrected chi connectivity index (χ2v) is 5.63. The van der Waals surface area contributed by atoms with Crippen molar-refractivity contribution < 1.29 is 9.53 Å². The second kappa shape index (κ2) is 6.95. The Hall–Kier alpha value is -1.26. The summed E-state index contributed by atoms with van der Waals surface area (Å²) in [5, 5.41) is 3.93. The number of piperidine rings is 1. The molecule has 1 aromatic rings. The highest BCUT2D eigenvalue weighted by molar-refractivity contribution is 6.30. The highest BCUT2D eigenvalue weighted by atomic mass is 35.5. The fourth-order valence-corrected chi connectivity index (χ4v) is 2.77. The fraction of sp³-hybridized carbons (Fsp3) is 0.533. The van der Waals surface area contributed by atoms with Crippen LogP contribution in [0.25, 0.3) is 0 Å². The molecule has 1 aliphatic rings. The summed E-state index contributed by atoms with van der Waals surface area (Å²) in [4.78, 5) is 14.2. The number of carbonyl (C=O) groups excluding carboxylic acids is 1. The third-order valence-electron chi connectivity index (χ3n) is 3.67. The van der Waals surface area contributed by atoms with Gasteiger partial charge < -0.3 is 15.0 Å². The highest BCUT2D eigenvalue weighted by Crippen LogP contribution is 2.24. The molecule has 0 radical (unpaired) electrons. The molecule has 5 heteroatoms. The maximum absolute atomic E-state index is 12.4. The van der Waals surface area contributed by atoms with Crippen molar-refractivity contribution in [3.63, 3.8) is 0 Å². The Balaban J connectivity index is 2.04. The molecule has 0 aliphatic carbocycles. The molecule has 0 bridgehead atoms. The van der Waals surface area contributed by atoms with Crippen LogP contribution in [0.3, 0.4) is 0 Å². The van der Waals surface area contributed by atoms with Crippen LogP contribution in [0.15, 0.2) is 18.2 Å². The molecular weight excluding hydrogens is 276 g/mol. The number of halogens is 1. The van der Waals surface area contributed by atoms with E-state index in [4.69, 9.17) is 16.3 Å². The van der Waals surface area contributed by atoms with Crippen molar-refractivity contribution in [1.29, 1.82) is 0 Å². The first kappa shape index (κ1) is 15.1. The summed E-state index contributed by atoms with van der Waals surface area (Å²) >= 11 is 6.02. The van der Waals surface area contributed by atoms with Crippen LogP contribution in [-0.2, 0) is 11.3 Å². The number of hydrogen-bond donors (Lipinski definition) is 1. The maximum Gasteiger partial charge on any atom is 0.227 e. The molecule has 20 heavy (non-hydrogen) atoms. The lowest BCUT2D eigenvalue weighted by molar-refractivity contribution is -0.135. The summed E-state index contributed by atoms with van der Waals surface area (Å²) in [5.41, 5.74) is 0.930. The van der Waals surface area contributed by atoms with E-state index < -0.39 is 0 Å². The van der Waals surface area contributed by atoms with E-state index in [9.17, 15) is 4.79 Å². The summed E-state index contributed by atoms with van der Waals surface area (Å²) in [5.74, 6) is 1.02. The van der Waals surface area contributed by atoms with Crippen molar-refractivity contribution in [2.75, 3.05) is 27.2 Å². The van der Waals surface area contributed by atoms with E-state index in [1.165, 1.54) is 0 Å². The minimum Gasteiger partial charge on any atom is -0.496 e. The lowest BCUT2D eigenvalue weighted by atomic mass is 9.98. The quantitative estimate of drug-likeness (QED) is 0.927. The van der Waals surface area contributed by atoms with E-state index in [1.807, 2.05) is 19.2 Å². The molecule has 1 amide bonds. The zero-order valence-electron chi connectivity index (χ0n) is 12.0. The molecule has 1 atom stereocenters. The standard InChI is InChI=1S/C15H21ClN2O2/c1-18(15(19)11-4-3-7-17-9-11)10-12-8-13(16)5-6-14(12)20-2/h5-6,8,11,17H,3-4,7,9-10H2,1-2H3. The smallest absolute Gasteiger partial charge is 0.227 e. The van der Waals surface area contributed by atoms with E-state index in [2.05, 4.69) is 5.32 Å². The van der Waals surface area contributed by atoms with Gasteiger partial charge in [0.15, 0.2) is 0 Å². The van der Waals surface area contributed by atoms with Crippen LogP contribution in [0.4, 0.5) is 0 Å². The van der Waals surface area contributed by atoms with Crippen molar-refractivity contribution in [3.05, 3.63) is 28.8 Å². The molecular formula is C15H21ClN2O2. The molecule has 1 aromatic carbocycles. The molecule has 0 saturated carbocycles. The SMILES string of the molecule is COc1ccc(Cl)cc1CN(C)C(=O)C1CCCNC1. The number of carbonyl (C=O) groups is 1. The minimum absolute atomic E-state index is 0.0823. The first-order chi connectivity index (χ1) is 9.61. The lowest BCUT2D eigenvalue weighted by Gasteiger charge is -2.27. The van der Waals surface area contributed by atoms with Gasteiger partial charge in [-0.15, -0.1) is 0 Å². The number of nitrogens with zero attached hydrogens (tertiary/aromatic N) is 1. The minimum atomic E-state index is 0.0823. The summed E-state index contributed by atoms with van der Waals surface area (Å²) in [6.07, 6.45) is 2.02. The monoisotopic (exact) mass is 296 g/mol. The van der Waals surface area contributed by atoms with Crippen LogP contribution in [0.2, 0.25) is 5.02 Å². The van der Waals surface area contributed by atoms with E-state index in [1.54, 1.807) is 18.1 Å². The molecule has 2 rings (SSSR count). The second-order valence-electron chi connectivity index (χ2n) is 5.19. The van der Waals surface area contributed by atoms with Gasteiger partial charge in [-0.05, 0) is 37.6 Å². The van der Waals surface area contributed by atoms with Crippen LogP contribution < -0.4 is 10.1 Å². The van der Waals surface area contributed by atoms with Gasteiger partial charge in [-0.3, -0.25) is 4.79 Å². The normalized spacial score (nSPS) is 18.6. The molecule has 4 nitrogen and oxygen atoms in total. The molecule has 0 aromatic heterocycles. The van der Waals surface area contributed by atoms with Crippen molar-refractivity contribution in [2.45, 2.75) is 19.4 Å². The third-order valence-corrected chi connectivity index (χ3v) is 3.91. The first-order valence-corrected chi connectivity index (χ1v) is 7.27. The molecule has 1 heterocycles. The Bertz CT molecular complexity index is 473. The Morgan fingerprint density at radius 3 is 3.00 bits per heavy atom. The average Bonchev–Trinajstić information content (AvgIpc) is 2.47. The van der Waals surface area contributed by atoms with Gasteiger partial charge in [0.05, 0.1) is 13.0 Å². The number of hydrogen-bond acceptors (Lipinski definition) is 3. The van der Waals surface area contributed by atoms with Crippen LogP contribution in [0, 0.1) is 5.92 Å². The van der Waals surface area contributed by atoms with Gasteiger partial charge in [-0.2, -0.15) is 0 Å². The van der Waals surface area contributed by atoms with E-state index in [0.29, 0.717) is 11.6 Å². The largest absolute Gasteiger partial charge is 0.496 e. The van der Waals surface area contributed by atoms with Crippen molar-refractivity contribution in [2.24, 2.45) is 5.92 Å². The van der Waals surface area contributed by atoms with Gasteiger partial charge in [-0.25, -0.2) is 0 Å². The van der Waals surface area contributed by atoms with E-state index in [-0.39, 0.29) is 11.8 Å². The van der Waals surface area contributed by atoms with E-state index in [0.717, 1.165) is 37.2 Å². The average molecular weight is 297 g/mol. The van der Waals surface area contributed by atoms with Gasteiger partial charge in [0.2, 0.25) is 5.91 Å². The summed E-state index contributed by atoms with van der Waals surface area (Å²) in [7, 11) is 3.46. The molecule has 0 spiro atoms. The van der Waals surface area contributed by atoms with E-state index >= 15 is 0 Å². The van der Waals surface area contributed by atoms with Crippen LogP contribution in [-0.4, -0.2) is 38.1 Å². The molecule has 1 saturated heterocycles. The number of rotatable bonds is 4. The van der Waals surface area contributed by atoms with Gasteiger partial charge in [0, 0.05) is 30.7 Å². The number of ether oxygens (including phenoxy) is 1. The highest BCUT2D eigenvalue weighted by Gasteiger charge is 2.24. The lowest BCUT2D eigenvalue weighted by Crippen LogP contribution is -2.41. The zero-order chi connectivity index (χ0) is 14.5. The Labute approximate surface area is 125 Å². The van der Waals surface area contributed by atoms with Gasteiger partial charge in [0.1, 0.15) is 5.75 Å². The summed E-state index contributed by atoms with van der Waals surface area (Å²) in [6, 6.07) is 5.47. The van der Waals surface area contributed by atoms with Crippen LogP contribution in [0.1, 0.15) is 18.4 Å². The zero-order valence-corrected chi connectivity index (χ0v) is 12.7.